The van der Waals surface area contributed by atoms with Crippen LogP contribution in [0, 0.1) is 0 Å². The Labute approximate surface area is 141 Å². The summed E-state index contributed by atoms with van der Waals surface area (Å²) in [6, 6.07) is 7.05. The molecule has 24 heavy (non-hydrogen) atoms. The summed E-state index contributed by atoms with van der Waals surface area (Å²) in [6.45, 7) is 0. The number of ether oxygens (including phenoxy) is 4. The summed E-state index contributed by atoms with van der Waals surface area (Å²) >= 11 is 0. The highest BCUT2D eigenvalue weighted by Gasteiger charge is 2.12. The fraction of sp³-hybridized carbons (Fsp3) is 0.222. The molecule has 6 heteroatoms. The first-order valence-electron chi connectivity index (χ1n) is 7.19. The lowest BCUT2D eigenvalue weighted by atomic mass is 10.1. The lowest BCUT2D eigenvalue weighted by Crippen LogP contribution is -1.95. The van der Waals surface area contributed by atoms with Gasteiger partial charge < -0.3 is 29.8 Å². The molecule has 6 nitrogen and oxygen atoms in total. The summed E-state index contributed by atoms with van der Waals surface area (Å²) in [4.78, 5) is 0. The van der Waals surface area contributed by atoms with Crippen LogP contribution in [0.1, 0.15) is 11.1 Å². The van der Waals surface area contributed by atoms with E-state index < -0.39 is 0 Å². The highest BCUT2D eigenvalue weighted by Crippen LogP contribution is 2.39. The van der Waals surface area contributed by atoms with Crippen molar-refractivity contribution < 1.29 is 24.1 Å². The Morgan fingerprint density at radius 3 is 1.92 bits per heavy atom. The molecule has 2 aromatic rings. The first-order valence-corrected chi connectivity index (χ1v) is 7.19. The molecule has 0 aliphatic heterocycles. The van der Waals surface area contributed by atoms with Gasteiger partial charge >= 0.3 is 0 Å². The van der Waals surface area contributed by atoms with Crippen molar-refractivity contribution in [3.63, 3.8) is 0 Å². The third-order valence-electron chi connectivity index (χ3n) is 3.58. The van der Waals surface area contributed by atoms with Crippen LogP contribution in [0.5, 0.6) is 28.7 Å². The molecular weight excluding hydrogens is 310 g/mol. The van der Waals surface area contributed by atoms with Gasteiger partial charge in [-0.15, -0.1) is 0 Å². The van der Waals surface area contributed by atoms with Crippen LogP contribution in [-0.4, -0.2) is 33.5 Å². The number of hydrogen-bond acceptors (Lipinski definition) is 6. The topological polar surface area (TPSA) is 83.2 Å². The third-order valence-corrected chi connectivity index (χ3v) is 3.58. The van der Waals surface area contributed by atoms with E-state index in [1.54, 1.807) is 39.5 Å². The maximum atomic E-state index is 9.97. The summed E-state index contributed by atoms with van der Waals surface area (Å²) < 4.78 is 21.0. The molecule has 0 heterocycles. The standard InChI is InChI=1S/C18H21NO5/c1-21-13-8-7-12(16(19)17(13)20)6-5-11-9-14(22-2)18(24-4)15(10-11)23-3/h5-10,20H,19H2,1-4H3. The monoisotopic (exact) mass is 331 g/mol. The molecule has 0 saturated heterocycles. The number of rotatable bonds is 6. The minimum Gasteiger partial charge on any atom is -0.503 e. The highest BCUT2D eigenvalue weighted by molar-refractivity contribution is 5.81. The number of nitrogens with two attached hydrogens (primary N) is 1. The van der Waals surface area contributed by atoms with Gasteiger partial charge in [0.05, 0.1) is 34.1 Å². The van der Waals surface area contributed by atoms with Gasteiger partial charge in [0.2, 0.25) is 5.75 Å². The van der Waals surface area contributed by atoms with Crippen LogP contribution in [0.3, 0.4) is 0 Å². The van der Waals surface area contributed by atoms with Crippen molar-refractivity contribution in [2.75, 3.05) is 34.2 Å². The van der Waals surface area contributed by atoms with E-state index in [-0.39, 0.29) is 11.4 Å². The summed E-state index contributed by atoms with van der Waals surface area (Å²) in [7, 11) is 6.14. The summed E-state index contributed by atoms with van der Waals surface area (Å²) in [5.74, 6) is 1.89. The van der Waals surface area contributed by atoms with E-state index in [0.717, 1.165) is 5.56 Å². The van der Waals surface area contributed by atoms with E-state index in [1.165, 1.54) is 7.11 Å². The van der Waals surface area contributed by atoms with Crippen molar-refractivity contribution in [1.82, 2.24) is 0 Å². The third kappa shape index (κ3) is 3.32. The van der Waals surface area contributed by atoms with Crippen molar-refractivity contribution in [2.24, 2.45) is 0 Å². The van der Waals surface area contributed by atoms with Crippen molar-refractivity contribution in [2.45, 2.75) is 0 Å². The second-order valence-electron chi connectivity index (χ2n) is 4.91. The number of phenolic OH excluding ortho intramolecular Hbond substituents is 1. The minimum atomic E-state index is -0.0791. The molecule has 0 aliphatic carbocycles. The van der Waals surface area contributed by atoms with Gasteiger partial charge in [-0.25, -0.2) is 0 Å². The predicted molar refractivity (Wildman–Crippen MR) is 94.1 cm³/mol. The molecule has 0 atom stereocenters. The molecule has 0 amide bonds. The van der Waals surface area contributed by atoms with Crippen LogP contribution in [0.25, 0.3) is 12.2 Å². The molecule has 0 fully saturated rings. The Morgan fingerprint density at radius 2 is 1.42 bits per heavy atom. The average molecular weight is 331 g/mol. The van der Waals surface area contributed by atoms with Crippen LogP contribution >= 0.6 is 0 Å². The Balaban J connectivity index is 2.41. The van der Waals surface area contributed by atoms with E-state index in [0.29, 0.717) is 28.6 Å². The molecule has 128 valence electrons. The predicted octanol–water partition coefficient (Wildman–Crippen LogP) is 3.18. The zero-order chi connectivity index (χ0) is 17.7. The van der Waals surface area contributed by atoms with Crippen LogP contribution in [0.2, 0.25) is 0 Å². The van der Waals surface area contributed by atoms with Crippen molar-refractivity contribution >= 4 is 17.8 Å². The van der Waals surface area contributed by atoms with E-state index in [1.807, 2.05) is 18.2 Å². The minimum absolute atomic E-state index is 0.0791. The first-order chi connectivity index (χ1) is 11.5. The number of nitrogen functional groups attached to an aromatic ring is 1. The van der Waals surface area contributed by atoms with Crippen molar-refractivity contribution in [3.05, 3.63) is 35.4 Å². The lowest BCUT2D eigenvalue weighted by Gasteiger charge is -2.13. The summed E-state index contributed by atoms with van der Waals surface area (Å²) in [5.41, 5.74) is 7.68. The number of phenols is 1. The second-order valence-corrected chi connectivity index (χ2v) is 4.91. The smallest absolute Gasteiger partial charge is 0.203 e. The van der Waals surface area contributed by atoms with E-state index >= 15 is 0 Å². The van der Waals surface area contributed by atoms with Gasteiger partial charge in [-0.1, -0.05) is 12.2 Å². The molecule has 0 spiro atoms. The van der Waals surface area contributed by atoms with Gasteiger partial charge in [-0.3, -0.25) is 0 Å². The zero-order valence-electron chi connectivity index (χ0n) is 14.1. The summed E-state index contributed by atoms with van der Waals surface area (Å²) in [5, 5.41) is 9.97. The summed E-state index contributed by atoms with van der Waals surface area (Å²) in [6.07, 6.45) is 3.62. The largest absolute Gasteiger partial charge is 0.503 e. The fourth-order valence-corrected chi connectivity index (χ4v) is 2.30. The average Bonchev–Trinajstić information content (AvgIpc) is 2.61. The van der Waals surface area contributed by atoms with Crippen LogP contribution in [0.15, 0.2) is 24.3 Å². The van der Waals surface area contributed by atoms with Gasteiger partial charge in [-0.2, -0.15) is 0 Å². The Kier molecular flexibility index (Phi) is 5.42. The van der Waals surface area contributed by atoms with Crippen LogP contribution in [0.4, 0.5) is 5.69 Å². The maximum Gasteiger partial charge on any atom is 0.203 e. The molecule has 0 bridgehead atoms. The van der Waals surface area contributed by atoms with E-state index in [4.69, 9.17) is 24.7 Å². The molecule has 2 rings (SSSR count). The Hall–Kier alpha value is -3.02. The van der Waals surface area contributed by atoms with E-state index in [9.17, 15) is 5.11 Å². The molecule has 3 N–H and O–H groups in total. The molecule has 0 aliphatic rings. The zero-order valence-corrected chi connectivity index (χ0v) is 14.1. The first kappa shape index (κ1) is 17.3. The molecule has 0 unspecified atom stereocenters. The number of anilines is 1. The number of hydrogen-bond donors (Lipinski definition) is 2. The normalized spacial score (nSPS) is 10.7. The Bertz CT molecular complexity index is 730. The van der Waals surface area contributed by atoms with Crippen LogP contribution in [-0.2, 0) is 0 Å². The fourth-order valence-electron chi connectivity index (χ4n) is 2.30. The molecule has 0 aromatic heterocycles. The van der Waals surface area contributed by atoms with Crippen molar-refractivity contribution in [3.8, 4) is 28.7 Å². The quantitative estimate of drug-likeness (QED) is 0.480. The number of benzene rings is 2. The molecule has 0 saturated carbocycles. The van der Waals surface area contributed by atoms with Gasteiger partial charge in [0.1, 0.15) is 0 Å². The van der Waals surface area contributed by atoms with Crippen molar-refractivity contribution in [1.29, 1.82) is 0 Å². The molecule has 2 aromatic carbocycles. The van der Waals surface area contributed by atoms with E-state index in [2.05, 4.69) is 0 Å². The van der Waals surface area contributed by atoms with Crippen LogP contribution < -0.4 is 24.7 Å². The number of methoxy groups -OCH3 is 4. The van der Waals surface area contributed by atoms with Gasteiger partial charge in [0.15, 0.2) is 23.0 Å². The van der Waals surface area contributed by atoms with Gasteiger partial charge in [0, 0.05) is 5.56 Å². The van der Waals surface area contributed by atoms with Gasteiger partial charge in [0.25, 0.3) is 0 Å². The van der Waals surface area contributed by atoms with Gasteiger partial charge in [-0.05, 0) is 29.8 Å². The molecule has 0 radical (unpaired) electrons. The lowest BCUT2D eigenvalue weighted by molar-refractivity contribution is 0.324. The molecular formula is C18H21NO5. The maximum absolute atomic E-state index is 9.97. The SMILES string of the molecule is COc1ccc(C=Cc2cc(OC)c(OC)c(OC)c2)c(N)c1O. The second kappa shape index (κ2) is 7.50. The Morgan fingerprint density at radius 1 is 0.833 bits per heavy atom. The highest BCUT2D eigenvalue weighted by atomic mass is 16.5. The number of aromatic hydroxyl groups is 1.